The summed E-state index contributed by atoms with van der Waals surface area (Å²) in [6.45, 7) is 4.56. The molecule has 0 atom stereocenters. The summed E-state index contributed by atoms with van der Waals surface area (Å²) in [6.07, 6.45) is 0. The van der Waals surface area contributed by atoms with Crippen LogP contribution in [0.25, 0.3) is 0 Å². The quantitative estimate of drug-likeness (QED) is 0.791. The fraction of sp³-hybridized carbons (Fsp3) is 0.636. The Morgan fingerprint density at radius 1 is 1.44 bits per heavy atom. The lowest BCUT2D eigenvalue weighted by atomic mass is 10.1. The van der Waals surface area contributed by atoms with Gasteiger partial charge in [-0.15, -0.1) is 11.3 Å². The van der Waals surface area contributed by atoms with Crippen LogP contribution in [0.4, 0.5) is 0 Å². The van der Waals surface area contributed by atoms with E-state index < -0.39 is 15.6 Å². The standard InChI is InChI=1S/C11H20N2O3S2/c1-11(2,8-16-4)13-18(14,15)10-5-9(6-12-3)17-7-10/h5,7,12-13H,6,8H2,1-4H3. The summed E-state index contributed by atoms with van der Waals surface area (Å²) in [6, 6.07) is 1.69. The number of methoxy groups -OCH3 is 1. The van der Waals surface area contributed by atoms with Gasteiger partial charge in [0.25, 0.3) is 0 Å². The van der Waals surface area contributed by atoms with E-state index in [0.29, 0.717) is 18.0 Å². The second-order valence-electron chi connectivity index (χ2n) is 4.70. The zero-order chi connectivity index (χ0) is 13.8. The molecule has 0 aliphatic heterocycles. The lowest BCUT2D eigenvalue weighted by Gasteiger charge is -2.24. The van der Waals surface area contributed by atoms with E-state index in [1.807, 2.05) is 7.05 Å². The van der Waals surface area contributed by atoms with Crippen LogP contribution in [0.5, 0.6) is 0 Å². The smallest absolute Gasteiger partial charge is 0.241 e. The zero-order valence-electron chi connectivity index (χ0n) is 11.1. The van der Waals surface area contributed by atoms with E-state index in [9.17, 15) is 8.42 Å². The zero-order valence-corrected chi connectivity index (χ0v) is 12.7. The molecule has 1 aromatic rings. The van der Waals surface area contributed by atoms with Gasteiger partial charge in [-0.25, -0.2) is 13.1 Å². The molecule has 0 spiro atoms. The summed E-state index contributed by atoms with van der Waals surface area (Å²) in [5, 5.41) is 4.64. The average Bonchev–Trinajstić information content (AvgIpc) is 2.65. The van der Waals surface area contributed by atoms with Gasteiger partial charge in [0.1, 0.15) is 0 Å². The Kier molecular flexibility index (Phi) is 5.30. The summed E-state index contributed by atoms with van der Waals surface area (Å²) < 4.78 is 32.0. The van der Waals surface area contributed by atoms with Crippen LogP contribution in [-0.2, 0) is 21.3 Å². The van der Waals surface area contributed by atoms with Crippen LogP contribution in [0, 0.1) is 0 Å². The van der Waals surface area contributed by atoms with Crippen LogP contribution >= 0.6 is 11.3 Å². The fourth-order valence-corrected chi connectivity index (χ4v) is 4.27. The molecule has 0 fully saturated rings. The Bertz CT molecular complexity index is 480. The maximum absolute atomic E-state index is 12.2. The first-order valence-electron chi connectivity index (χ1n) is 5.56. The van der Waals surface area contributed by atoms with Crippen molar-refractivity contribution in [2.75, 3.05) is 20.8 Å². The Morgan fingerprint density at radius 2 is 2.11 bits per heavy atom. The molecule has 7 heteroatoms. The molecule has 0 bridgehead atoms. The highest BCUT2D eigenvalue weighted by molar-refractivity contribution is 7.89. The summed E-state index contributed by atoms with van der Waals surface area (Å²) in [5.74, 6) is 0. The molecule has 0 radical (unpaired) electrons. The predicted molar refractivity (Wildman–Crippen MR) is 73.4 cm³/mol. The molecule has 0 saturated heterocycles. The molecule has 104 valence electrons. The number of ether oxygens (including phenoxy) is 1. The van der Waals surface area contributed by atoms with Gasteiger partial charge in [-0.3, -0.25) is 0 Å². The number of sulfonamides is 1. The van der Waals surface area contributed by atoms with Crippen molar-refractivity contribution >= 4 is 21.4 Å². The van der Waals surface area contributed by atoms with Crippen LogP contribution in [0.3, 0.4) is 0 Å². The summed E-state index contributed by atoms with van der Waals surface area (Å²) in [5.41, 5.74) is -0.626. The van der Waals surface area contributed by atoms with Gasteiger partial charge in [0, 0.05) is 23.9 Å². The molecule has 0 amide bonds. The first kappa shape index (κ1) is 15.6. The van der Waals surface area contributed by atoms with E-state index in [1.54, 1.807) is 32.4 Å². The third-order valence-corrected chi connectivity index (χ3v) is 4.97. The van der Waals surface area contributed by atoms with Crippen LogP contribution in [-0.4, -0.2) is 34.7 Å². The maximum Gasteiger partial charge on any atom is 0.241 e. The largest absolute Gasteiger partial charge is 0.383 e. The van der Waals surface area contributed by atoms with Crippen LogP contribution in [0.2, 0.25) is 0 Å². The number of hydrogen-bond acceptors (Lipinski definition) is 5. The van der Waals surface area contributed by atoms with Gasteiger partial charge in [-0.05, 0) is 27.0 Å². The van der Waals surface area contributed by atoms with Gasteiger partial charge in [0.05, 0.1) is 17.0 Å². The van der Waals surface area contributed by atoms with Gasteiger partial charge in [0.15, 0.2) is 0 Å². The molecule has 5 nitrogen and oxygen atoms in total. The highest BCUT2D eigenvalue weighted by Crippen LogP contribution is 2.20. The molecule has 18 heavy (non-hydrogen) atoms. The molecule has 0 saturated carbocycles. The molecule has 1 aromatic heterocycles. The van der Waals surface area contributed by atoms with Crippen molar-refractivity contribution in [3.63, 3.8) is 0 Å². The van der Waals surface area contributed by atoms with Crippen LogP contribution in [0.1, 0.15) is 18.7 Å². The topological polar surface area (TPSA) is 67.4 Å². The number of rotatable bonds is 7. The van der Waals surface area contributed by atoms with E-state index in [2.05, 4.69) is 10.0 Å². The van der Waals surface area contributed by atoms with Crippen LogP contribution in [0.15, 0.2) is 16.3 Å². The second kappa shape index (κ2) is 6.12. The van der Waals surface area contributed by atoms with Gasteiger partial charge < -0.3 is 10.1 Å². The summed E-state index contributed by atoms with van der Waals surface area (Å²) in [4.78, 5) is 1.30. The molecule has 1 heterocycles. The molecule has 0 unspecified atom stereocenters. The van der Waals surface area contributed by atoms with Gasteiger partial charge in [-0.1, -0.05) is 0 Å². The first-order valence-corrected chi connectivity index (χ1v) is 7.92. The summed E-state index contributed by atoms with van der Waals surface area (Å²) in [7, 11) is -0.110. The van der Waals surface area contributed by atoms with E-state index in [1.165, 1.54) is 11.3 Å². The Labute approximate surface area is 113 Å². The van der Waals surface area contributed by atoms with Crippen molar-refractivity contribution in [2.24, 2.45) is 0 Å². The molecule has 0 aromatic carbocycles. The van der Waals surface area contributed by atoms with E-state index in [0.717, 1.165) is 4.88 Å². The molecule has 1 rings (SSSR count). The molecule has 0 aliphatic rings. The minimum atomic E-state index is -3.49. The lowest BCUT2D eigenvalue weighted by Crippen LogP contribution is -2.46. The van der Waals surface area contributed by atoms with Crippen molar-refractivity contribution < 1.29 is 13.2 Å². The highest BCUT2D eigenvalue weighted by Gasteiger charge is 2.26. The van der Waals surface area contributed by atoms with Gasteiger partial charge in [0.2, 0.25) is 10.0 Å². The third kappa shape index (κ3) is 4.33. The predicted octanol–water partition coefficient (Wildman–Crippen LogP) is 1.17. The molecule has 0 aliphatic carbocycles. The molecule has 2 N–H and O–H groups in total. The monoisotopic (exact) mass is 292 g/mol. The van der Waals surface area contributed by atoms with E-state index in [4.69, 9.17) is 4.74 Å². The van der Waals surface area contributed by atoms with Crippen molar-refractivity contribution in [3.05, 3.63) is 16.3 Å². The van der Waals surface area contributed by atoms with Crippen molar-refractivity contribution in [1.82, 2.24) is 10.0 Å². The third-order valence-electron chi connectivity index (χ3n) is 2.21. The van der Waals surface area contributed by atoms with Crippen molar-refractivity contribution in [1.29, 1.82) is 0 Å². The van der Waals surface area contributed by atoms with Crippen molar-refractivity contribution in [2.45, 2.75) is 30.8 Å². The maximum atomic E-state index is 12.2. The Balaban J connectivity index is 2.85. The number of nitrogens with one attached hydrogen (secondary N) is 2. The molecular weight excluding hydrogens is 272 g/mol. The summed E-state index contributed by atoms with van der Waals surface area (Å²) >= 11 is 1.43. The lowest BCUT2D eigenvalue weighted by molar-refractivity contribution is 0.141. The SMILES string of the molecule is CNCc1cc(S(=O)(=O)NC(C)(C)COC)cs1. The number of thiophene rings is 1. The van der Waals surface area contributed by atoms with Crippen LogP contribution < -0.4 is 10.0 Å². The molecular formula is C11H20N2O3S2. The minimum Gasteiger partial charge on any atom is -0.383 e. The van der Waals surface area contributed by atoms with E-state index in [-0.39, 0.29) is 0 Å². The number of hydrogen-bond donors (Lipinski definition) is 2. The van der Waals surface area contributed by atoms with Gasteiger partial charge >= 0.3 is 0 Å². The second-order valence-corrected chi connectivity index (χ2v) is 7.38. The Morgan fingerprint density at radius 3 is 2.67 bits per heavy atom. The van der Waals surface area contributed by atoms with Crippen molar-refractivity contribution in [3.8, 4) is 0 Å². The van der Waals surface area contributed by atoms with Gasteiger partial charge in [-0.2, -0.15) is 0 Å². The normalized spacial score (nSPS) is 12.9. The average molecular weight is 292 g/mol. The fourth-order valence-electron chi connectivity index (χ4n) is 1.58. The Hall–Kier alpha value is -0.470. The van der Waals surface area contributed by atoms with E-state index >= 15 is 0 Å². The minimum absolute atomic E-state index is 0.307. The first-order chi connectivity index (χ1) is 8.30. The highest BCUT2D eigenvalue weighted by atomic mass is 32.2.